The zero-order valence-corrected chi connectivity index (χ0v) is 14.4. The number of unbranched alkanes of at least 4 members (excludes halogenated alkanes) is 8. The van der Waals surface area contributed by atoms with E-state index in [1.165, 1.54) is 44.9 Å². The Morgan fingerprint density at radius 2 is 1.61 bits per heavy atom. The summed E-state index contributed by atoms with van der Waals surface area (Å²) in [6.07, 6.45) is 12.6. The molecule has 0 fully saturated rings. The lowest BCUT2D eigenvalue weighted by Crippen LogP contribution is -2.23. The highest BCUT2D eigenvalue weighted by Crippen LogP contribution is 2.31. The van der Waals surface area contributed by atoms with Crippen molar-refractivity contribution in [2.24, 2.45) is 5.92 Å². The molecule has 0 saturated heterocycles. The average Bonchev–Trinajstić information content (AvgIpc) is 2.86. The minimum absolute atomic E-state index is 0.0238. The third kappa shape index (κ3) is 7.78. The Balaban J connectivity index is 2.15. The summed E-state index contributed by atoms with van der Waals surface area (Å²) in [5.74, 6) is -1.45. The summed E-state index contributed by atoms with van der Waals surface area (Å²) >= 11 is 0. The van der Waals surface area contributed by atoms with E-state index in [2.05, 4.69) is 6.92 Å². The number of ketones is 1. The number of aliphatic carboxylic acids is 1. The number of carboxylic acid groups (broad SMARTS) is 1. The summed E-state index contributed by atoms with van der Waals surface area (Å²) in [4.78, 5) is 23.1. The molecule has 1 aliphatic carbocycles. The zero-order chi connectivity index (χ0) is 17.1. The van der Waals surface area contributed by atoms with Crippen molar-refractivity contribution in [3.8, 4) is 0 Å². The van der Waals surface area contributed by atoms with E-state index in [1.807, 2.05) is 0 Å². The molecule has 0 aromatic rings. The number of carboxylic acids is 1. The van der Waals surface area contributed by atoms with Gasteiger partial charge in [-0.25, -0.2) is 0 Å². The van der Waals surface area contributed by atoms with Crippen LogP contribution in [0.1, 0.15) is 84.0 Å². The third-order valence-electron chi connectivity index (χ3n) is 4.67. The number of aliphatic hydroxyl groups is 1. The summed E-state index contributed by atoms with van der Waals surface area (Å²) < 4.78 is 0. The van der Waals surface area contributed by atoms with Crippen LogP contribution in [0, 0.1) is 5.92 Å². The lowest BCUT2D eigenvalue weighted by molar-refractivity contribution is -0.138. The van der Waals surface area contributed by atoms with E-state index >= 15 is 0 Å². The molecule has 0 aliphatic heterocycles. The molecule has 2 unspecified atom stereocenters. The van der Waals surface area contributed by atoms with Gasteiger partial charge in [0, 0.05) is 12.3 Å². The molecular formula is C19H32O4. The van der Waals surface area contributed by atoms with E-state index in [9.17, 15) is 14.7 Å². The average molecular weight is 324 g/mol. The normalized spacial score (nSPS) is 20.5. The fourth-order valence-corrected chi connectivity index (χ4v) is 3.27. The number of aliphatic hydroxyl groups excluding tert-OH is 1. The second-order valence-corrected chi connectivity index (χ2v) is 6.67. The highest BCUT2D eigenvalue weighted by Gasteiger charge is 2.33. The van der Waals surface area contributed by atoms with Crippen molar-refractivity contribution in [1.29, 1.82) is 0 Å². The molecule has 2 N–H and O–H groups in total. The Hall–Kier alpha value is -1.16. The number of hydrogen-bond acceptors (Lipinski definition) is 3. The second-order valence-electron chi connectivity index (χ2n) is 6.67. The van der Waals surface area contributed by atoms with Gasteiger partial charge in [-0.05, 0) is 18.4 Å². The molecule has 4 heteroatoms. The molecule has 0 saturated carbocycles. The minimum atomic E-state index is -0.960. The largest absolute Gasteiger partial charge is 0.481 e. The van der Waals surface area contributed by atoms with Gasteiger partial charge in [-0.1, -0.05) is 64.4 Å². The van der Waals surface area contributed by atoms with Gasteiger partial charge >= 0.3 is 5.97 Å². The first kappa shape index (κ1) is 19.9. The molecule has 0 radical (unpaired) electrons. The van der Waals surface area contributed by atoms with Crippen molar-refractivity contribution >= 4 is 11.8 Å². The maximum atomic E-state index is 12.2. The first-order valence-electron chi connectivity index (χ1n) is 9.19. The Kier molecular flexibility index (Phi) is 9.85. The predicted molar refractivity (Wildman–Crippen MR) is 91.3 cm³/mol. The minimum Gasteiger partial charge on any atom is -0.481 e. The van der Waals surface area contributed by atoms with E-state index in [0.717, 1.165) is 12.8 Å². The van der Waals surface area contributed by atoms with Crippen molar-refractivity contribution in [3.05, 3.63) is 11.6 Å². The molecule has 0 bridgehead atoms. The van der Waals surface area contributed by atoms with Gasteiger partial charge in [0.2, 0.25) is 0 Å². The smallest absolute Gasteiger partial charge is 0.304 e. The van der Waals surface area contributed by atoms with Crippen LogP contribution < -0.4 is 0 Å². The molecule has 0 spiro atoms. The Morgan fingerprint density at radius 1 is 1.04 bits per heavy atom. The van der Waals surface area contributed by atoms with E-state index in [0.29, 0.717) is 18.4 Å². The van der Waals surface area contributed by atoms with Gasteiger partial charge in [0.05, 0.1) is 12.5 Å². The van der Waals surface area contributed by atoms with Gasteiger partial charge in [-0.3, -0.25) is 9.59 Å². The van der Waals surface area contributed by atoms with Crippen LogP contribution in [0.15, 0.2) is 11.6 Å². The number of carbonyl (C=O) groups excluding carboxylic acids is 1. The SMILES string of the molecule is CCCCCCCCCCCC(=O)C1=CCC(O)C1CC(=O)O. The van der Waals surface area contributed by atoms with E-state index in [-0.39, 0.29) is 12.2 Å². The molecule has 1 aliphatic rings. The number of Topliss-reactive ketones (excluding diaryl/α,β-unsaturated/α-hetero) is 1. The van der Waals surface area contributed by atoms with Crippen molar-refractivity contribution in [2.75, 3.05) is 0 Å². The van der Waals surface area contributed by atoms with Crippen LogP contribution in [0.5, 0.6) is 0 Å². The number of rotatable bonds is 13. The van der Waals surface area contributed by atoms with Gasteiger partial charge < -0.3 is 10.2 Å². The fraction of sp³-hybridized carbons (Fsp3) is 0.789. The molecular weight excluding hydrogens is 292 g/mol. The molecule has 1 rings (SSSR count). The van der Waals surface area contributed by atoms with Crippen molar-refractivity contribution in [3.63, 3.8) is 0 Å². The summed E-state index contributed by atoms with van der Waals surface area (Å²) in [7, 11) is 0. The van der Waals surface area contributed by atoms with Crippen LogP contribution in [0.3, 0.4) is 0 Å². The van der Waals surface area contributed by atoms with E-state index in [4.69, 9.17) is 5.11 Å². The standard InChI is InChI=1S/C19H32O4/c1-2-3-4-5-6-7-8-9-10-11-17(20)15-12-13-18(21)16(15)14-19(22)23/h12,16,18,21H,2-11,13-14H2,1H3,(H,22,23). The van der Waals surface area contributed by atoms with Crippen molar-refractivity contribution in [2.45, 2.75) is 90.1 Å². The lowest BCUT2D eigenvalue weighted by atomic mass is 9.91. The predicted octanol–water partition coefficient (Wildman–Crippen LogP) is 4.26. The molecule has 0 aromatic carbocycles. The van der Waals surface area contributed by atoms with Crippen molar-refractivity contribution < 1.29 is 19.8 Å². The first-order chi connectivity index (χ1) is 11.1. The number of carbonyl (C=O) groups is 2. The van der Waals surface area contributed by atoms with Gasteiger partial charge in [-0.2, -0.15) is 0 Å². The van der Waals surface area contributed by atoms with Crippen LogP contribution in [-0.2, 0) is 9.59 Å². The molecule has 0 aromatic heterocycles. The summed E-state index contributed by atoms with van der Waals surface area (Å²) in [6.45, 7) is 2.22. The van der Waals surface area contributed by atoms with Gasteiger partial charge in [0.1, 0.15) is 0 Å². The third-order valence-corrected chi connectivity index (χ3v) is 4.67. The highest BCUT2D eigenvalue weighted by molar-refractivity contribution is 5.97. The fourth-order valence-electron chi connectivity index (χ4n) is 3.27. The summed E-state index contributed by atoms with van der Waals surface area (Å²) in [5, 5.41) is 18.7. The molecule has 132 valence electrons. The van der Waals surface area contributed by atoms with E-state index < -0.39 is 18.0 Å². The van der Waals surface area contributed by atoms with Crippen LogP contribution >= 0.6 is 0 Å². The highest BCUT2D eigenvalue weighted by atomic mass is 16.4. The maximum absolute atomic E-state index is 12.2. The molecule has 0 amide bonds. The van der Waals surface area contributed by atoms with Crippen LogP contribution in [0.4, 0.5) is 0 Å². The Morgan fingerprint density at radius 3 is 2.17 bits per heavy atom. The van der Waals surface area contributed by atoms with E-state index in [1.54, 1.807) is 6.08 Å². The summed E-state index contributed by atoms with van der Waals surface area (Å²) in [5.41, 5.74) is 0.541. The lowest BCUT2D eigenvalue weighted by Gasteiger charge is -2.16. The van der Waals surface area contributed by atoms with Gasteiger partial charge in [0.25, 0.3) is 0 Å². The maximum Gasteiger partial charge on any atom is 0.304 e. The molecule has 2 atom stereocenters. The molecule has 4 nitrogen and oxygen atoms in total. The number of hydrogen-bond donors (Lipinski definition) is 2. The zero-order valence-electron chi connectivity index (χ0n) is 14.4. The quantitative estimate of drug-likeness (QED) is 0.496. The molecule has 23 heavy (non-hydrogen) atoms. The van der Waals surface area contributed by atoms with Gasteiger partial charge in [-0.15, -0.1) is 0 Å². The molecule has 0 heterocycles. The monoisotopic (exact) mass is 324 g/mol. The first-order valence-corrected chi connectivity index (χ1v) is 9.19. The van der Waals surface area contributed by atoms with Crippen LogP contribution in [-0.4, -0.2) is 28.1 Å². The second kappa shape index (κ2) is 11.4. The van der Waals surface area contributed by atoms with Gasteiger partial charge in [0.15, 0.2) is 5.78 Å². The summed E-state index contributed by atoms with van der Waals surface area (Å²) in [6, 6.07) is 0. The Bertz CT molecular complexity index is 400. The van der Waals surface area contributed by atoms with Crippen LogP contribution in [0.2, 0.25) is 0 Å². The van der Waals surface area contributed by atoms with Crippen LogP contribution in [0.25, 0.3) is 0 Å². The Labute approximate surface area is 140 Å². The van der Waals surface area contributed by atoms with Crippen molar-refractivity contribution in [1.82, 2.24) is 0 Å². The topological polar surface area (TPSA) is 74.6 Å².